The van der Waals surface area contributed by atoms with Crippen LogP contribution in [0.15, 0.2) is 24.3 Å². The van der Waals surface area contributed by atoms with Crippen LogP contribution in [0.3, 0.4) is 0 Å². The van der Waals surface area contributed by atoms with Crippen LogP contribution in [0.5, 0.6) is 5.75 Å². The first-order valence-electron chi connectivity index (χ1n) is 6.50. The minimum atomic E-state index is 0.323. The van der Waals surface area contributed by atoms with Gasteiger partial charge in [-0.05, 0) is 25.3 Å². The van der Waals surface area contributed by atoms with Gasteiger partial charge < -0.3 is 10.8 Å². The van der Waals surface area contributed by atoms with Crippen LogP contribution in [-0.4, -0.2) is 29.1 Å². The Hall–Kier alpha value is -1.06. The van der Waals surface area contributed by atoms with Gasteiger partial charge in [0.15, 0.2) is 0 Å². The average Bonchev–Trinajstić information content (AvgIpc) is 2.35. The maximum absolute atomic E-state index is 9.94. The lowest BCUT2D eigenvalue weighted by Crippen LogP contribution is -2.41. The van der Waals surface area contributed by atoms with Crippen molar-refractivity contribution in [2.45, 2.75) is 38.3 Å². The molecule has 94 valence electrons. The van der Waals surface area contributed by atoms with Crippen molar-refractivity contribution in [3.63, 3.8) is 0 Å². The molecule has 1 fully saturated rings. The van der Waals surface area contributed by atoms with Crippen LogP contribution in [0.2, 0.25) is 0 Å². The molecule has 0 aromatic heterocycles. The lowest BCUT2D eigenvalue weighted by atomic mass is 9.97. The van der Waals surface area contributed by atoms with Crippen molar-refractivity contribution in [2.75, 3.05) is 13.1 Å². The molecule has 3 heteroatoms. The van der Waals surface area contributed by atoms with Crippen LogP contribution in [0, 0.1) is 0 Å². The predicted molar refractivity (Wildman–Crippen MR) is 69.9 cm³/mol. The van der Waals surface area contributed by atoms with Crippen molar-refractivity contribution in [3.05, 3.63) is 29.8 Å². The monoisotopic (exact) mass is 234 g/mol. The molecule has 1 heterocycles. The van der Waals surface area contributed by atoms with Crippen LogP contribution < -0.4 is 5.73 Å². The Balaban J connectivity index is 2.14. The number of aromatic hydroxyl groups is 1. The third kappa shape index (κ3) is 2.79. The molecule has 1 unspecified atom stereocenters. The summed E-state index contributed by atoms with van der Waals surface area (Å²) in [5, 5.41) is 9.94. The normalized spacial score (nSPS) is 20.4. The Morgan fingerprint density at radius 3 is 2.59 bits per heavy atom. The van der Waals surface area contributed by atoms with E-state index in [1.807, 2.05) is 18.2 Å². The van der Waals surface area contributed by atoms with Gasteiger partial charge in [-0.1, -0.05) is 25.1 Å². The zero-order chi connectivity index (χ0) is 12.3. The number of piperidine rings is 1. The summed E-state index contributed by atoms with van der Waals surface area (Å²) in [5.74, 6) is 0.411. The summed E-state index contributed by atoms with van der Waals surface area (Å²) < 4.78 is 0. The summed E-state index contributed by atoms with van der Waals surface area (Å²) in [6.07, 6.45) is 3.14. The average molecular weight is 234 g/mol. The minimum absolute atomic E-state index is 0.323. The van der Waals surface area contributed by atoms with Crippen LogP contribution in [-0.2, 0) is 0 Å². The first kappa shape index (κ1) is 12.4. The lowest BCUT2D eigenvalue weighted by molar-refractivity contribution is 0.147. The van der Waals surface area contributed by atoms with Crippen molar-refractivity contribution in [2.24, 2.45) is 5.73 Å². The second-order valence-electron chi connectivity index (χ2n) is 4.86. The van der Waals surface area contributed by atoms with E-state index < -0.39 is 0 Å². The molecule has 1 aliphatic rings. The molecule has 0 saturated carbocycles. The van der Waals surface area contributed by atoms with Crippen LogP contribution in [0.4, 0.5) is 0 Å². The van der Waals surface area contributed by atoms with E-state index >= 15 is 0 Å². The SMILES string of the molecule is CCC(c1ccccc1O)N1CCC(N)CC1. The molecule has 1 aromatic rings. The van der Waals surface area contributed by atoms with Crippen molar-refractivity contribution in [1.29, 1.82) is 0 Å². The fourth-order valence-corrected chi connectivity index (χ4v) is 2.68. The summed E-state index contributed by atoms with van der Waals surface area (Å²) in [6.45, 7) is 4.24. The van der Waals surface area contributed by atoms with E-state index in [0.717, 1.165) is 37.9 Å². The summed E-state index contributed by atoms with van der Waals surface area (Å²) in [6, 6.07) is 8.34. The number of nitrogens with two attached hydrogens (primary N) is 1. The molecule has 0 bridgehead atoms. The summed E-state index contributed by atoms with van der Waals surface area (Å²) >= 11 is 0. The molecule has 1 aliphatic heterocycles. The Morgan fingerprint density at radius 1 is 1.35 bits per heavy atom. The molecule has 17 heavy (non-hydrogen) atoms. The van der Waals surface area contributed by atoms with Crippen molar-refractivity contribution >= 4 is 0 Å². The largest absolute Gasteiger partial charge is 0.508 e. The Morgan fingerprint density at radius 2 is 2.00 bits per heavy atom. The molecule has 1 aromatic carbocycles. The number of benzene rings is 1. The zero-order valence-corrected chi connectivity index (χ0v) is 10.5. The molecule has 0 aliphatic carbocycles. The molecule has 1 atom stereocenters. The highest BCUT2D eigenvalue weighted by Crippen LogP contribution is 2.32. The number of hydrogen-bond donors (Lipinski definition) is 2. The fourth-order valence-electron chi connectivity index (χ4n) is 2.68. The van der Waals surface area contributed by atoms with E-state index in [-0.39, 0.29) is 0 Å². The molecule has 3 nitrogen and oxygen atoms in total. The third-order valence-electron chi connectivity index (χ3n) is 3.70. The third-order valence-corrected chi connectivity index (χ3v) is 3.70. The fraction of sp³-hybridized carbons (Fsp3) is 0.571. The molecule has 0 amide bonds. The standard InChI is InChI=1S/C14H22N2O/c1-2-13(12-5-3-4-6-14(12)17)16-9-7-11(15)8-10-16/h3-6,11,13,17H,2,7-10,15H2,1H3. The van der Waals surface area contributed by atoms with E-state index in [4.69, 9.17) is 5.73 Å². The van der Waals surface area contributed by atoms with Gasteiger partial charge in [0.25, 0.3) is 0 Å². The quantitative estimate of drug-likeness (QED) is 0.843. The molecular weight excluding hydrogens is 212 g/mol. The highest BCUT2D eigenvalue weighted by molar-refractivity contribution is 5.34. The molecule has 2 rings (SSSR count). The maximum atomic E-state index is 9.94. The van der Waals surface area contributed by atoms with Crippen LogP contribution in [0.1, 0.15) is 37.8 Å². The van der Waals surface area contributed by atoms with Gasteiger partial charge in [-0.25, -0.2) is 0 Å². The molecule has 0 spiro atoms. The highest BCUT2D eigenvalue weighted by atomic mass is 16.3. The maximum Gasteiger partial charge on any atom is 0.120 e. The molecule has 3 N–H and O–H groups in total. The van der Waals surface area contributed by atoms with Crippen molar-refractivity contribution in [1.82, 2.24) is 4.90 Å². The Bertz CT molecular complexity index is 359. The smallest absolute Gasteiger partial charge is 0.120 e. The van der Waals surface area contributed by atoms with Crippen LogP contribution >= 0.6 is 0 Å². The van der Waals surface area contributed by atoms with Crippen molar-refractivity contribution in [3.8, 4) is 5.75 Å². The lowest BCUT2D eigenvalue weighted by Gasteiger charge is -2.36. The van der Waals surface area contributed by atoms with Gasteiger partial charge in [0.05, 0.1) is 0 Å². The zero-order valence-electron chi connectivity index (χ0n) is 10.5. The summed E-state index contributed by atoms with van der Waals surface area (Å²) in [7, 11) is 0. The van der Waals surface area contributed by atoms with E-state index in [9.17, 15) is 5.11 Å². The second kappa shape index (κ2) is 5.52. The molecule has 1 saturated heterocycles. The van der Waals surface area contributed by atoms with Gasteiger partial charge in [0, 0.05) is 30.7 Å². The van der Waals surface area contributed by atoms with Gasteiger partial charge >= 0.3 is 0 Å². The number of hydrogen-bond acceptors (Lipinski definition) is 3. The first-order chi connectivity index (χ1) is 8.22. The second-order valence-corrected chi connectivity index (χ2v) is 4.86. The van der Waals surface area contributed by atoms with Crippen molar-refractivity contribution < 1.29 is 5.11 Å². The minimum Gasteiger partial charge on any atom is -0.508 e. The van der Waals surface area contributed by atoms with E-state index in [0.29, 0.717) is 17.8 Å². The van der Waals surface area contributed by atoms with E-state index in [2.05, 4.69) is 11.8 Å². The number of phenols is 1. The number of nitrogens with zero attached hydrogens (tertiary/aromatic N) is 1. The Kier molecular flexibility index (Phi) is 4.02. The van der Waals surface area contributed by atoms with E-state index in [1.165, 1.54) is 0 Å². The first-order valence-corrected chi connectivity index (χ1v) is 6.50. The molecular formula is C14H22N2O. The summed E-state index contributed by atoms with van der Waals surface area (Å²) in [5.41, 5.74) is 6.98. The van der Waals surface area contributed by atoms with E-state index in [1.54, 1.807) is 6.07 Å². The summed E-state index contributed by atoms with van der Waals surface area (Å²) in [4.78, 5) is 2.44. The van der Waals surface area contributed by atoms with Gasteiger partial charge in [0.2, 0.25) is 0 Å². The Labute approximate surface area is 103 Å². The van der Waals surface area contributed by atoms with Gasteiger partial charge in [0.1, 0.15) is 5.75 Å². The highest BCUT2D eigenvalue weighted by Gasteiger charge is 2.24. The topological polar surface area (TPSA) is 49.5 Å². The predicted octanol–water partition coefficient (Wildman–Crippen LogP) is 2.27. The van der Waals surface area contributed by atoms with Crippen LogP contribution in [0.25, 0.3) is 0 Å². The van der Waals surface area contributed by atoms with Gasteiger partial charge in [-0.2, -0.15) is 0 Å². The van der Waals surface area contributed by atoms with Gasteiger partial charge in [-0.15, -0.1) is 0 Å². The number of likely N-dealkylation sites (tertiary alicyclic amines) is 1. The number of rotatable bonds is 3. The number of para-hydroxylation sites is 1. The van der Waals surface area contributed by atoms with Gasteiger partial charge in [-0.3, -0.25) is 4.90 Å². The number of phenolic OH excluding ortho intramolecular Hbond substituents is 1. The molecule has 0 radical (unpaired) electrons.